The summed E-state index contributed by atoms with van der Waals surface area (Å²) in [7, 11) is 0. The van der Waals surface area contributed by atoms with E-state index < -0.39 is 12.1 Å². The van der Waals surface area contributed by atoms with E-state index in [1.54, 1.807) is 0 Å². The summed E-state index contributed by atoms with van der Waals surface area (Å²) in [6.45, 7) is 5.93. The summed E-state index contributed by atoms with van der Waals surface area (Å²) >= 11 is 0. The van der Waals surface area contributed by atoms with Crippen LogP contribution in [0, 0.1) is 11.8 Å². The molecule has 0 saturated carbocycles. The Kier molecular flexibility index (Phi) is 2.70. The van der Waals surface area contributed by atoms with Crippen LogP contribution in [-0.2, 0) is 4.79 Å². The Labute approximate surface area is 72.5 Å². The summed E-state index contributed by atoms with van der Waals surface area (Å²) in [6, 6.07) is 0.0255. The standard InChI is InChI=1S/C9H16FNO/c1-4-6-7(10)9(12)11-8(6)5(2)3/h5-8H,4H2,1-3H3,(H,11,12). The van der Waals surface area contributed by atoms with Gasteiger partial charge in [-0.25, -0.2) is 4.39 Å². The van der Waals surface area contributed by atoms with Crippen LogP contribution in [0.1, 0.15) is 27.2 Å². The van der Waals surface area contributed by atoms with Crippen LogP contribution in [0.2, 0.25) is 0 Å². The average Bonchev–Trinajstić information content (AvgIpc) is 2.29. The van der Waals surface area contributed by atoms with Crippen molar-refractivity contribution in [1.29, 1.82) is 0 Å². The molecule has 1 rings (SSSR count). The first-order valence-electron chi connectivity index (χ1n) is 4.52. The summed E-state index contributed by atoms with van der Waals surface area (Å²) in [5.74, 6) is -0.238. The van der Waals surface area contributed by atoms with Gasteiger partial charge in [-0.15, -0.1) is 0 Å². The molecular weight excluding hydrogens is 157 g/mol. The van der Waals surface area contributed by atoms with E-state index in [0.717, 1.165) is 6.42 Å². The number of hydrogen-bond acceptors (Lipinski definition) is 1. The molecule has 0 aromatic carbocycles. The minimum atomic E-state index is -1.29. The molecule has 12 heavy (non-hydrogen) atoms. The van der Waals surface area contributed by atoms with Crippen LogP contribution in [0.3, 0.4) is 0 Å². The van der Waals surface area contributed by atoms with Gasteiger partial charge < -0.3 is 5.32 Å². The van der Waals surface area contributed by atoms with E-state index in [4.69, 9.17) is 0 Å². The number of carbonyl (C=O) groups excluding carboxylic acids is 1. The van der Waals surface area contributed by atoms with Crippen LogP contribution >= 0.6 is 0 Å². The Hall–Kier alpha value is -0.600. The van der Waals surface area contributed by atoms with Gasteiger partial charge in [-0.2, -0.15) is 0 Å². The molecule has 3 heteroatoms. The Bertz CT molecular complexity index is 181. The summed E-state index contributed by atoms with van der Waals surface area (Å²) in [6.07, 6.45) is -0.564. The molecule has 0 radical (unpaired) electrons. The van der Waals surface area contributed by atoms with Crippen LogP contribution in [0.5, 0.6) is 0 Å². The second-order valence-corrected chi connectivity index (χ2v) is 3.75. The quantitative estimate of drug-likeness (QED) is 0.673. The monoisotopic (exact) mass is 173 g/mol. The highest BCUT2D eigenvalue weighted by molar-refractivity contribution is 5.83. The smallest absolute Gasteiger partial charge is 0.255 e. The third-order valence-corrected chi connectivity index (χ3v) is 2.59. The minimum absolute atomic E-state index is 0.0255. The molecule has 2 nitrogen and oxygen atoms in total. The van der Waals surface area contributed by atoms with Crippen molar-refractivity contribution in [3.8, 4) is 0 Å². The van der Waals surface area contributed by atoms with Crippen molar-refractivity contribution in [2.75, 3.05) is 0 Å². The molecule has 70 valence electrons. The van der Waals surface area contributed by atoms with Crippen molar-refractivity contribution in [1.82, 2.24) is 5.32 Å². The zero-order valence-electron chi connectivity index (χ0n) is 7.80. The molecule has 1 fully saturated rings. The van der Waals surface area contributed by atoms with Gasteiger partial charge in [0.15, 0.2) is 6.17 Å². The molecule has 3 unspecified atom stereocenters. The number of halogens is 1. The van der Waals surface area contributed by atoms with Crippen molar-refractivity contribution < 1.29 is 9.18 Å². The van der Waals surface area contributed by atoms with E-state index in [1.165, 1.54) is 0 Å². The van der Waals surface area contributed by atoms with E-state index in [9.17, 15) is 9.18 Å². The van der Waals surface area contributed by atoms with Gasteiger partial charge in [0.05, 0.1) is 0 Å². The molecule has 1 aliphatic rings. The number of rotatable bonds is 2. The first-order chi connectivity index (χ1) is 5.57. The fourth-order valence-electron chi connectivity index (χ4n) is 1.85. The van der Waals surface area contributed by atoms with Gasteiger partial charge in [0.1, 0.15) is 0 Å². The maximum absolute atomic E-state index is 13.2. The fourth-order valence-corrected chi connectivity index (χ4v) is 1.85. The highest BCUT2D eigenvalue weighted by atomic mass is 19.1. The molecule has 0 spiro atoms. The van der Waals surface area contributed by atoms with Crippen molar-refractivity contribution in [3.63, 3.8) is 0 Å². The highest BCUT2D eigenvalue weighted by Gasteiger charge is 2.42. The number of hydrogen-bond donors (Lipinski definition) is 1. The second kappa shape index (κ2) is 3.42. The van der Waals surface area contributed by atoms with Crippen molar-refractivity contribution >= 4 is 5.91 Å². The zero-order valence-corrected chi connectivity index (χ0v) is 7.80. The van der Waals surface area contributed by atoms with Gasteiger partial charge in [-0.05, 0) is 12.3 Å². The lowest BCUT2D eigenvalue weighted by molar-refractivity contribution is -0.123. The van der Waals surface area contributed by atoms with Gasteiger partial charge in [0, 0.05) is 12.0 Å². The molecule has 1 saturated heterocycles. The third kappa shape index (κ3) is 1.45. The zero-order chi connectivity index (χ0) is 9.30. The average molecular weight is 173 g/mol. The SMILES string of the molecule is CCC1C(F)C(=O)NC1C(C)C. The Morgan fingerprint density at radius 2 is 2.17 bits per heavy atom. The highest BCUT2D eigenvalue weighted by Crippen LogP contribution is 2.27. The van der Waals surface area contributed by atoms with Crippen molar-refractivity contribution in [2.24, 2.45) is 11.8 Å². The van der Waals surface area contributed by atoms with Gasteiger partial charge in [0.25, 0.3) is 5.91 Å². The first-order valence-corrected chi connectivity index (χ1v) is 4.52. The molecule has 0 bridgehead atoms. The van der Waals surface area contributed by atoms with Gasteiger partial charge in [0.2, 0.25) is 0 Å². The normalized spacial score (nSPS) is 35.8. The number of carbonyl (C=O) groups is 1. The third-order valence-electron chi connectivity index (χ3n) is 2.59. The number of alkyl halides is 1. The summed E-state index contributed by atoms with van der Waals surface area (Å²) < 4.78 is 13.2. The van der Waals surface area contributed by atoms with E-state index in [-0.39, 0.29) is 12.0 Å². The van der Waals surface area contributed by atoms with Crippen LogP contribution in [-0.4, -0.2) is 18.1 Å². The molecule has 0 aromatic rings. The summed E-state index contributed by atoms with van der Waals surface area (Å²) in [4.78, 5) is 11.0. The van der Waals surface area contributed by atoms with E-state index >= 15 is 0 Å². The topological polar surface area (TPSA) is 29.1 Å². The number of amides is 1. The largest absolute Gasteiger partial charge is 0.350 e. The maximum atomic E-state index is 13.2. The van der Waals surface area contributed by atoms with Crippen LogP contribution in [0.15, 0.2) is 0 Å². The van der Waals surface area contributed by atoms with Gasteiger partial charge in [-0.3, -0.25) is 4.79 Å². The molecular formula is C9H16FNO. The van der Waals surface area contributed by atoms with E-state index in [2.05, 4.69) is 5.32 Å². The van der Waals surface area contributed by atoms with Crippen LogP contribution in [0.4, 0.5) is 4.39 Å². The molecule has 3 atom stereocenters. The van der Waals surface area contributed by atoms with Gasteiger partial charge in [-0.1, -0.05) is 20.8 Å². The Morgan fingerprint density at radius 1 is 1.58 bits per heavy atom. The van der Waals surface area contributed by atoms with Crippen molar-refractivity contribution in [3.05, 3.63) is 0 Å². The summed E-state index contributed by atoms with van der Waals surface area (Å²) in [5, 5.41) is 2.69. The molecule has 1 amide bonds. The summed E-state index contributed by atoms with van der Waals surface area (Å²) in [5.41, 5.74) is 0. The Balaban J connectivity index is 2.71. The predicted octanol–water partition coefficient (Wildman–Crippen LogP) is 1.51. The van der Waals surface area contributed by atoms with E-state index in [1.807, 2.05) is 20.8 Å². The van der Waals surface area contributed by atoms with Crippen LogP contribution in [0.25, 0.3) is 0 Å². The first kappa shape index (κ1) is 9.49. The minimum Gasteiger partial charge on any atom is -0.350 e. The van der Waals surface area contributed by atoms with E-state index in [0.29, 0.717) is 5.92 Å². The van der Waals surface area contributed by atoms with Gasteiger partial charge >= 0.3 is 0 Å². The molecule has 1 heterocycles. The lowest BCUT2D eigenvalue weighted by Crippen LogP contribution is -2.33. The molecule has 1 aliphatic heterocycles. The molecule has 0 aliphatic carbocycles. The maximum Gasteiger partial charge on any atom is 0.255 e. The number of nitrogens with one attached hydrogen (secondary N) is 1. The lowest BCUT2D eigenvalue weighted by atomic mass is 9.89. The van der Waals surface area contributed by atoms with Crippen molar-refractivity contribution in [2.45, 2.75) is 39.4 Å². The Morgan fingerprint density at radius 3 is 2.50 bits per heavy atom. The van der Waals surface area contributed by atoms with Crippen LogP contribution < -0.4 is 5.32 Å². The fraction of sp³-hybridized carbons (Fsp3) is 0.889. The molecule has 0 aromatic heterocycles. The second-order valence-electron chi connectivity index (χ2n) is 3.75. The lowest BCUT2D eigenvalue weighted by Gasteiger charge is -2.21. The molecule has 1 N–H and O–H groups in total. The predicted molar refractivity (Wildman–Crippen MR) is 45.4 cm³/mol.